The molecule has 8 nitrogen and oxygen atoms in total. The summed E-state index contributed by atoms with van der Waals surface area (Å²) in [6, 6.07) is 3.30. The molecule has 156 valence electrons. The van der Waals surface area contributed by atoms with Gasteiger partial charge in [-0.15, -0.1) is 9.24 Å². The van der Waals surface area contributed by atoms with Crippen molar-refractivity contribution in [3.8, 4) is 11.4 Å². The maximum atomic E-state index is 14.9. The average molecular weight is 449 g/mol. The van der Waals surface area contributed by atoms with Crippen LogP contribution in [0.4, 0.5) is 10.1 Å². The minimum Gasteiger partial charge on any atom is -0.378 e. The highest BCUT2D eigenvalue weighted by atomic mass is 35.5. The van der Waals surface area contributed by atoms with Crippen LogP contribution in [-0.2, 0) is 18.1 Å². The van der Waals surface area contributed by atoms with Gasteiger partial charge in [0.2, 0.25) is 0 Å². The number of nitrogens with one attached hydrogen (secondary N) is 1. The molecule has 0 aliphatic carbocycles. The van der Waals surface area contributed by atoms with E-state index in [4.69, 9.17) is 16.3 Å². The molecule has 1 saturated heterocycles. The van der Waals surface area contributed by atoms with E-state index in [0.29, 0.717) is 49.1 Å². The predicted octanol–water partition coefficient (Wildman–Crippen LogP) is 2.74. The molecule has 30 heavy (non-hydrogen) atoms. The van der Waals surface area contributed by atoms with Gasteiger partial charge in [0.25, 0.3) is 5.56 Å². The van der Waals surface area contributed by atoms with E-state index in [1.165, 1.54) is 6.07 Å². The molecule has 1 aliphatic rings. The number of benzene rings is 1. The maximum absolute atomic E-state index is 14.9. The van der Waals surface area contributed by atoms with Crippen molar-refractivity contribution >= 4 is 48.6 Å². The summed E-state index contributed by atoms with van der Waals surface area (Å²) in [5.74, 6) is -0.240. The van der Waals surface area contributed by atoms with Crippen LogP contribution in [0.15, 0.2) is 23.1 Å². The summed E-state index contributed by atoms with van der Waals surface area (Å²) in [6.07, 6.45) is 2.10. The van der Waals surface area contributed by atoms with Crippen molar-refractivity contribution in [2.45, 2.75) is 6.29 Å². The minimum atomic E-state index is -0.460. The number of aryl methyl sites for hydroxylation is 1. The molecule has 1 aliphatic heterocycles. The summed E-state index contributed by atoms with van der Waals surface area (Å²) in [5.41, 5.74) is 2.38. The summed E-state index contributed by atoms with van der Waals surface area (Å²) in [4.78, 5) is 22.7. The lowest BCUT2D eigenvalue weighted by atomic mass is 10.2. The second-order valence-electron chi connectivity index (χ2n) is 7.15. The number of hydrogen-bond donors (Lipinski definition) is 1. The number of anilines is 1. The minimum absolute atomic E-state index is 0.163. The Kier molecular flexibility index (Phi) is 4.76. The molecule has 1 aromatic carbocycles. The Balaban J connectivity index is 1.71. The van der Waals surface area contributed by atoms with Crippen molar-refractivity contribution in [1.82, 2.24) is 24.3 Å². The number of fused-ring (bicyclic) bond motifs is 2. The summed E-state index contributed by atoms with van der Waals surface area (Å²) in [7, 11) is 4.29. The number of imidazole rings is 1. The first kappa shape index (κ1) is 19.5. The molecular weight excluding hydrogens is 430 g/mol. The molecule has 0 bridgehead atoms. The predicted molar refractivity (Wildman–Crippen MR) is 118 cm³/mol. The van der Waals surface area contributed by atoms with Gasteiger partial charge in [-0.25, -0.2) is 9.37 Å². The lowest BCUT2D eigenvalue weighted by molar-refractivity contribution is 0.122. The van der Waals surface area contributed by atoms with E-state index in [9.17, 15) is 9.18 Å². The number of pyridine rings is 1. The van der Waals surface area contributed by atoms with Gasteiger partial charge in [-0.2, -0.15) is 5.10 Å². The van der Waals surface area contributed by atoms with E-state index in [-0.39, 0.29) is 27.5 Å². The maximum Gasteiger partial charge on any atom is 0.264 e. The van der Waals surface area contributed by atoms with Crippen molar-refractivity contribution in [3.63, 3.8) is 0 Å². The fourth-order valence-corrected chi connectivity index (χ4v) is 4.52. The first-order valence-electron chi connectivity index (χ1n) is 9.46. The molecule has 0 amide bonds. The molecule has 3 aromatic heterocycles. The molecular formula is C19H19ClFN6O2P. The Bertz CT molecular complexity index is 1340. The van der Waals surface area contributed by atoms with Gasteiger partial charge in [0.15, 0.2) is 5.82 Å². The van der Waals surface area contributed by atoms with E-state index in [1.54, 1.807) is 22.5 Å². The second kappa shape index (κ2) is 7.34. The summed E-state index contributed by atoms with van der Waals surface area (Å²) in [5, 5.41) is 4.57. The zero-order chi connectivity index (χ0) is 21.0. The third kappa shape index (κ3) is 3.00. The summed E-state index contributed by atoms with van der Waals surface area (Å²) >= 11 is 6.57. The van der Waals surface area contributed by atoms with Crippen LogP contribution >= 0.6 is 20.8 Å². The number of H-pyrrole nitrogens is 1. The smallest absolute Gasteiger partial charge is 0.264 e. The van der Waals surface area contributed by atoms with Gasteiger partial charge in [-0.3, -0.25) is 9.48 Å². The fourth-order valence-electron chi connectivity index (χ4n) is 3.86. The van der Waals surface area contributed by atoms with E-state index < -0.39 is 5.82 Å². The molecule has 1 atom stereocenters. The van der Waals surface area contributed by atoms with Crippen LogP contribution in [0.2, 0.25) is 5.02 Å². The van der Waals surface area contributed by atoms with Crippen LogP contribution in [0.25, 0.3) is 33.5 Å². The summed E-state index contributed by atoms with van der Waals surface area (Å²) in [6.45, 7) is 2.57. The number of ether oxygens (including phenoxy) is 1. The lowest BCUT2D eigenvalue weighted by Crippen LogP contribution is -2.36. The fraction of sp³-hybridized carbons (Fsp3) is 0.316. The molecule has 1 fully saturated rings. The quantitative estimate of drug-likeness (QED) is 0.487. The Morgan fingerprint density at radius 2 is 2.07 bits per heavy atom. The number of aromatic nitrogens is 5. The van der Waals surface area contributed by atoms with Crippen molar-refractivity contribution in [3.05, 3.63) is 39.5 Å². The third-order valence-electron chi connectivity index (χ3n) is 5.31. The average Bonchev–Trinajstić information content (AvgIpc) is 3.33. The van der Waals surface area contributed by atoms with Gasteiger partial charge in [-0.1, -0.05) is 11.6 Å². The normalized spacial score (nSPS) is 14.9. The third-order valence-corrected chi connectivity index (χ3v) is 6.04. The Hall–Kier alpha value is -2.48. The van der Waals surface area contributed by atoms with Gasteiger partial charge in [0, 0.05) is 38.3 Å². The Labute approximate surface area is 177 Å². The molecule has 5 rings (SSSR count). The van der Waals surface area contributed by atoms with Gasteiger partial charge in [0.05, 0.1) is 29.3 Å². The first-order valence-corrected chi connectivity index (χ1v) is 10.7. The zero-order valence-corrected chi connectivity index (χ0v) is 18.1. The molecule has 0 saturated carbocycles. The van der Waals surface area contributed by atoms with E-state index in [2.05, 4.69) is 29.2 Å². The SMILES string of the molecule is Cn1cc2c(n1)c(Cl)c(-c1nc3c(F)cc(N4CCOCC4)cc3[nH]1)c(=O)n2CP. The molecule has 0 spiro atoms. The Morgan fingerprint density at radius 1 is 1.30 bits per heavy atom. The number of aromatic amines is 1. The molecule has 0 radical (unpaired) electrons. The number of rotatable bonds is 3. The standard InChI is InChI=1S/C19H19ClFN6O2P/c1-25-8-13-17(24-25)15(20)14(19(28)27(13)9-30)18-22-12-7-10(6-11(21)16(12)23-18)26-2-4-29-5-3-26/h6-8H,2-5,9,30H2,1H3,(H,22,23). The number of nitrogens with zero attached hydrogens (tertiary/aromatic N) is 5. The molecule has 11 heteroatoms. The van der Waals surface area contributed by atoms with Crippen molar-refractivity contribution in [1.29, 1.82) is 0 Å². The molecule has 1 N–H and O–H groups in total. The highest BCUT2D eigenvalue weighted by molar-refractivity contribution is 7.15. The van der Waals surface area contributed by atoms with Crippen LogP contribution in [0.3, 0.4) is 0 Å². The highest BCUT2D eigenvalue weighted by Crippen LogP contribution is 2.32. The lowest BCUT2D eigenvalue weighted by Gasteiger charge is -2.28. The summed E-state index contributed by atoms with van der Waals surface area (Å²) < 4.78 is 23.4. The molecule has 1 unspecified atom stereocenters. The van der Waals surface area contributed by atoms with Crippen molar-refractivity contribution in [2.24, 2.45) is 7.05 Å². The van der Waals surface area contributed by atoms with Gasteiger partial charge < -0.3 is 19.2 Å². The second-order valence-corrected chi connectivity index (χ2v) is 7.89. The Morgan fingerprint density at radius 3 is 2.80 bits per heavy atom. The van der Waals surface area contributed by atoms with E-state index in [1.807, 2.05) is 6.07 Å². The number of morpholine rings is 1. The molecule has 4 aromatic rings. The van der Waals surface area contributed by atoms with Gasteiger partial charge in [-0.05, 0) is 12.1 Å². The molecule has 4 heterocycles. The highest BCUT2D eigenvalue weighted by Gasteiger charge is 2.23. The van der Waals surface area contributed by atoms with Crippen molar-refractivity contribution < 1.29 is 9.13 Å². The van der Waals surface area contributed by atoms with Crippen molar-refractivity contribution in [2.75, 3.05) is 31.2 Å². The van der Waals surface area contributed by atoms with Crippen LogP contribution in [-0.4, -0.2) is 50.6 Å². The van der Waals surface area contributed by atoms with E-state index in [0.717, 1.165) is 5.69 Å². The topological polar surface area (TPSA) is 81.0 Å². The van der Waals surface area contributed by atoms with Crippen LogP contribution in [0, 0.1) is 5.82 Å². The zero-order valence-electron chi connectivity index (χ0n) is 16.2. The van der Waals surface area contributed by atoms with Crippen LogP contribution in [0.1, 0.15) is 0 Å². The first-order chi connectivity index (χ1) is 14.5. The van der Waals surface area contributed by atoms with E-state index >= 15 is 0 Å². The van der Waals surface area contributed by atoms with Gasteiger partial charge >= 0.3 is 0 Å². The van der Waals surface area contributed by atoms with Crippen LogP contribution in [0.5, 0.6) is 0 Å². The number of hydrogen-bond acceptors (Lipinski definition) is 5. The monoisotopic (exact) mass is 448 g/mol. The number of halogens is 2. The van der Waals surface area contributed by atoms with Gasteiger partial charge in [0.1, 0.15) is 22.4 Å². The van der Waals surface area contributed by atoms with Crippen LogP contribution < -0.4 is 10.5 Å². The largest absolute Gasteiger partial charge is 0.378 e.